The van der Waals surface area contributed by atoms with Crippen LogP contribution in [0.5, 0.6) is 5.75 Å². The number of furan rings is 1. The molecule has 1 atom stereocenters. The van der Waals surface area contributed by atoms with E-state index in [1.165, 1.54) is 18.4 Å². The van der Waals surface area contributed by atoms with Crippen LogP contribution in [0.25, 0.3) is 0 Å². The van der Waals surface area contributed by atoms with Crippen LogP contribution in [0.1, 0.15) is 17.5 Å². The molecule has 1 unspecified atom stereocenters. The number of benzene rings is 1. The van der Waals surface area contributed by atoms with Crippen LogP contribution >= 0.6 is 0 Å². The maximum Gasteiger partial charge on any atom is 0.287 e. The van der Waals surface area contributed by atoms with Crippen molar-refractivity contribution in [2.45, 2.75) is 13.0 Å². The number of amides is 1. The average molecular weight is 362 g/mol. The second-order valence-corrected chi connectivity index (χ2v) is 5.50. The fourth-order valence-corrected chi connectivity index (χ4v) is 2.13. The zero-order chi connectivity index (χ0) is 18.8. The van der Waals surface area contributed by atoms with Crippen LogP contribution in [0.4, 0.5) is 4.39 Å². The Morgan fingerprint density at radius 1 is 1.23 bits per heavy atom. The molecule has 2 aromatic rings. The molecule has 0 spiro atoms. The first-order chi connectivity index (χ1) is 12.6. The van der Waals surface area contributed by atoms with Crippen molar-refractivity contribution in [1.82, 2.24) is 16.0 Å². The van der Waals surface area contributed by atoms with Crippen molar-refractivity contribution < 1.29 is 18.3 Å². The summed E-state index contributed by atoms with van der Waals surface area (Å²) in [7, 11) is 1.65. The average Bonchev–Trinajstić information content (AvgIpc) is 3.15. The highest BCUT2D eigenvalue weighted by atomic mass is 19.1. The quantitative estimate of drug-likeness (QED) is 0.379. The van der Waals surface area contributed by atoms with Gasteiger partial charge in [0.05, 0.1) is 12.8 Å². The molecule has 0 saturated heterocycles. The maximum atomic E-state index is 13.1. The number of nitrogens with one attached hydrogen (secondary N) is 3. The molecular weight excluding hydrogens is 339 g/mol. The first-order valence-electron chi connectivity index (χ1n) is 8.27. The maximum absolute atomic E-state index is 13.1. The molecule has 1 amide bonds. The minimum Gasteiger partial charge on any atom is -0.489 e. The van der Waals surface area contributed by atoms with Crippen LogP contribution < -0.4 is 20.7 Å². The van der Waals surface area contributed by atoms with Gasteiger partial charge in [0.1, 0.15) is 17.7 Å². The number of aliphatic imine (C=N–C) groups is 1. The third-order valence-corrected chi connectivity index (χ3v) is 3.36. The van der Waals surface area contributed by atoms with Gasteiger partial charge in [-0.2, -0.15) is 0 Å². The number of carbonyl (C=O) groups is 1. The lowest BCUT2D eigenvalue weighted by molar-refractivity contribution is 0.0926. The van der Waals surface area contributed by atoms with Crippen molar-refractivity contribution in [2.24, 2.45) is 4.99 Å². The first kappa shape index (κ1) is 19.3. The van der Waals surface area contributed by atoms with E-state index in [1.807, 2.05) is 6.92 Å². The Morgan fingerprint density at radius 2 is 2.04 bits per heavy atom. The van der Waals surface area contributed by atoms with E-state index in [4.69, 9.17) is 9.15 Å². The van der Waals surface area contributed by atoms with Gasteiger partial charge in [0, 0.05) is 26.2 Å². The van der Waals surface area contributed by atoms with Crippen molar-refractivity contribution in [3.63, 3.8) is 0 Å². The van der Waals surface area contributed by atoms with Crippen LogP contribution in [0.15, 0.2) is 52.1 Å². The van der Waals surface area contributed by atoms with Gasteiger partial charge in [0.15, 0.2) is 11.7 Å². The molecule has 1 aromatic heterocycles. The third kappa shape index (κ3) is 6.46. The van der Waals surface area contributed by atoms with Crippen molar-refractivity contribution in [1.29, 1.82) is 0 Å². The van der Waals surface area contributed by atoms with E-state index in [9.17, 15) is 9.18 Å². The Bertz CT molecular complexity index is 719. The molecule has 0 aliphatic heterocycles. The number of hydrogen-bond donors (Lipinski definition) is 3. The summed E-state index contributed by atoms with van der Waals surface area (Å²) in [4.78, 5) is 15.8. The number of hydrogen-bond acceptors (Lipinski definition) is 4. The Hall–Kier alpha value is -3.03. The van der Waals surface area contributed by atoms with Crippen LogP contribution in [-0.4, -0.2) is 44.7 Å². The Kier molecular flexibility index (Phi) is 7.48. The molecule has 1 aromatic carbocycles. The molecule has 0 bridgehead atoms. The zero-order valence-electron chi connectivity index (χ0n) is 14.8. The van der Waals surface area contributed by atoms with Crippen molar-refractivity contribution >= 4 is 11.9 Å². The molecule has 3 N–H and O–H groups in total. The SMILES string of the molecule is CN=C(NCCNC(=O)c1ccco1)NCC(C)Oc1cccc(F)c1. The summed E-state index contributed by atoms with van der Waals surface area (Å²) in [6.07, 6.45) is 1.26. The van der Waals surface area contributed by atoms with Gasteiger partial charge in [-0.3, -0.25) is 9.79 Å². The number of nitrogens with zero attached hydrogens (tertiary/aromatic N) is 1. The van der Waals surface area contributed by atoms with Gasteiger partial charge < -0.3 is 25.1 Å². The molecule has 0 fully saturated rings. The van der Waals surface area contributed by atoms with Crippen LogP contribution in [0.2, 0.25) is 0 Å². The third-order valence-electron chi connectivity index (χ3n) is 3.36. The van der Waals surface area contributed by atoms with Crippen molar-refractivity contribution in [2.75, 3.05) is 26.7 Å². The predicted octanol–water partition coefficient (Wildman–Crippen LogP) is 1.78. The van der Waals surface area contributed by atoms with E-state index in [2.05, 4.69) is 20.9 Å². The summed E-state index contributed by atoms with van der Waals surface area (Å²) in [5, 5.41) is 8.91. The summed E-state index contributed by atoms with van der Waals surface area (Å²) in [6, 6.07) is 9.27. The van der Waals surface area contributed by atoms with Gasteiger partial charge in [-0.05, 0) is 31.2 Å². The molecule has 7 nitrogen and oxygen atoms in total. The lowest BCUT2D eigenvalue weighted by Gasteiger charge is -2.17. The van der Waals surface area contributed by atoms with E-state index in [0.29, 0.717) is 31.3 Å². The van der Waals surface area contributed by atoms with E-state index in [1.54, 1.807) is 31.3 Å². The highest BCUT2D eigenvalue weighted by Gasteiger charge is 2.08. The molecule has 8 heteroatoms. The van der Waals surface area contributed by atoms with Gasteiger partial charge in [-0.1, -0.05) is 6.07 Å². The standard InChI is InChI=1S/C18H23FN4O3/c1-13(26-15-6-3-5-14(19)11-15)12-23-18(20-2)22-9-8-21-17(24)16-7-4-10-25-16/h3-7,10-11,13H,8-9,12H2,1-2H3,(H,21,24)(H2,20,22,23). The minimum absolute atomic E-state index is 0.186. The molecule has 0 saturated carbocycles. The first-order valence-corrected chi connectivity index (χ1v) is 8.27. The van der Waals surface area contributed by atoms with Gasteiger partial charge in [0.2, 0.25) is 0 Å². The predicted molar refractivity (Wildman–Crippen MR) is 96.9 cm³/mol. The van der Waals surface area contributed by atoms with Gasteiger partial charge >= 0.3 is 0 Å². The minimum atomic E-state index is -0.336. The van der Waals surface area contributed by atoms with E-state index < -0.39 is 0 Å². The monoisotopic (exact) mass is 362 g/mol. The highest BCUT2D eigenvalue weighted by molar-refractivity contribution is 5.91. The molecule has 26 heavy (non-hydrogen) atoms. The van der Waals surface area contributed by atoms with E-state index in [0.717, 1.165) is 0 Å². The summed E-state index contributed by atoms with van der Waals surface area (Å²) in [6.45, 7) is 3.25. The summed E-state index contributed by atoms with van der Waals surface area (Å²) in [5.74, 6) is 0.722. The largest absolute Gasteiger partial charge is 0.489 e. The number of carbonyl (C=O) groups excluding carboxylic acids is 1. The van der Waals surface area contributed by atoms with E-state index >= 15 is 0 Å². The van der Waals surface area contributed by atoms with Gasteiger partial charge in [-0.25, -0.2) is 4.39 Å². The Labute approximate surface area is 151 Å². The molecule has 0 radical (unpaired) electrons. The number of ether oxygens (including phenoxy) is 1. The summed E-state index contributed by atoms with van der Waals surface area (Å²) >= 11 is 0. The number of rotatable bonds is 8. The molecule has 0 aliphatic rings. The van der Waals surface area contributed by atoms with Crippen LogP contribution in [0.3, 0.4) is 0 Å². The lowest BCUT2D eigenvalue weighted by atomic mass is 10.3. The summed E-state index contributed by atoms with van der Waals surface area (Å²) < 4.78 is 23.8. The number of guanidine groups is 1. The topological polar surface area (TPSA) is 87.9 Å². The van der Waals surface area contributed by atoms with Gasteiger partial charge in [-0.15, -0.1) is 0 Å². The normalized spacial score (nSPS) is 12.3. The highest BCUT2D eigenvalue weighted by Crippen LogP contribution is 2.13. The molecular formula is C18H23FN4O3. The fraction of sp³-hybridized carbons (Fsp3) is 0.333. The summed E-state index contributed by atoms with van der Waals surface area (Å²) in [5.41, 5.74) is 0. The molecule has 2 rings (SSSR count). The second kappa shape index (κ2) is 10.1. The van der Waals surface area contributed by atoms with Crippen LogP contribution in [-0.2, 0) is 0 Å². The zero-order valence-corrected chi connectivity index (χ0v) is 14.8. The van der Waals surface area contributed by atoms with Crippen LogP contribution in [0, 0.1) is 5.82 Å². The fourth-order valence-electron chi connectivity index (χ4n) is 2.13. The van der Waals surface area contributed by atoms with Crippen molar-refractivity contribution in [3.05, 3.63) is 54.2 Å². The smallest absolute Gasteiger partial charge is 0.287 e. The molecule has 0 aliphatic carbocycles. The van der Waals surface area contributed by atoms with Crippen molar-refractivity contribution in [3.8, 4) is 5.75 Å². The van der Waals surface area contributed by atoms with E-state index in [-0.39, 0.29) is 23.6 Å². The molecule has 1 heterocycles. The molecule has 140 valence electrons. The Balaban J connectivity index is 1.65. The van der Waals surface area contributed by atoms with Gasteiger partial charge in [0.25, 0.3) is 5.91 Å². The Morgan fingerprint density at radius 3 is 2.73 bits per heavy atom. The second-order valence-electron chi connectivity index (χ2n) is 5.50. The number of halogens is 1. The lowest BCUT2D eigenvalue weighted by Crippen LogP contribution is -2.44.